The first kappa shape index (κ1) is 13.7. The molecule has 0 heterocycles. The molecule has 0 bridgehead atoms. The van der Waals surface area contributed by atoms with Crippen molar-refractivity contribution >= 4 is 12.0 Å². The van der Waals surface area contributed by atoms with Crippen LogP contribution < -0.4 is 5.32 Å². The Morgan fingerprint density at radius 2 is 2.00 bits per heavy atom. The van der Waals surface area contributed by atoms with Gasteiger partial charge in [-0.25, -0.2) is 4.79 Å². The van der Waals surface area contributed by atoms with Crippen molar-refractivity contribution in [2.75, 3.05) is 20.1 Å². The van der Waals surface area contributed by atoms with Gasteiger partial charge in [0, 0.05) is 20.1 Å². The number of nitrogens with one attached hydrogen (secondary N) is 1. The summed E-state index contributed by atoms with van der Waals surface area (Å²) >= 11 is 0. The van der Waals surface area contributed by atoms with Crippen LogP contribution >= 0.6 is 0 Å². The molecule has 5 heteroatoms. The molecule has 0 saturated carbocycles. The van der Waals surface area contributed by atoms with E-state index >= 15 is 0 Å². The molecule has 0 aliphatic rings. The summed E-state index contributed by atoms with van der Waals surface area (Å²) in [5.41, 5.74) is 0. The van der Waals surface area contributed by atoms with Crippen LogP contribution in [-0.4, -0.2) is 42.1 Å². The molecule has 0 aliphatic heterocycles. The van der Waals surface area contributed by atoms with E-state index in [0.717, 1.165) is 19.3 Å². The Bertz CT molecular complexity index is 207. The molecular formula is C10H20N2O3. The minimum absolute atomic E-state index is 0.0150. The maximum Gasteiger partial charge on any atom is 0.317 e. The van der Waals surface area contributed by atoms with Crippen LogP contribution in [0.15, 0.2) is 0 Å². The lowest BCUT2D eigenvalue weighted by Gasteiger charge is -2.16. The van der Waals surface area contributed by atoms with Gasteiger partial charge in [0.05, 0.1) is 6.42 Å². The normalized spacial score (nSPS) is 9.73. The van der Waals surface area contributed by atoms with Gasteiger partial charge >= 0.3 is 12.0 Å². The molecule has 0 unspecified atom stereocenters. The van der Waals surface area contributed by atoms with Crippen molar-refractivity contribution in [2.45, 2.75) is 32.6 Å². The summed E-state index contributed by atoms with van der Waals surface area (Å²) in [4.78, 5) is 23.0. The second-order valence-corrected chi connectivity index (χ2v) is 3.50. The Balaban J connectivity index is 3.55. The van der Waals surface area contributed by atoms with E-state index in [1.807, 2.05) is 0 Å². The first-order chi connectivity index (χ1) is 7.07. The summed E-state index contributed by atoms with van der Waals surface area (Å²) < 4.78 is 0. The number of aliphatic carboxylic acids is 1. The van der Waals surface area contributed by atoms with Crippen molar-refractivity contribution < 1.29 is 14.7 Å². The molecule has 0 aromatic rings. The number of hydrogen-bond acceptors (Lipinski definition) is 2. The van der Waals surface area contributed by atoms with Gasteiger partial charge in [0.1, 0.15) is 0 Å². The average Bonchev–Trinajstić information content (AvgIpc) is 2.20. The first-order valence-electron chi connectivity index (χ1n) is 5.28. The lowest BCUT2D eigenvalue weighted by Crippen LogP contribution is -2.38. The summed E-state index contributed by atoms with van der Waals surface area (Å²) in [5.74, 6) is -0.888. The molecule has 0 atom stereocenters. The van der Waals surface area contributed by atoms with E-state index in [-0.39, 0.29) is 19.0 Å². The fourth-order valence-electron chi connectivity index (χ4n) is 1.07. The van der Waals surface area contributed by atoms with E-state index in [0.29, 0.717) is 6.54 Å². The lowest BCUT2D eigenvalue weighted by atomic mass is 10.2. The number of carbonyl (C=O) groups is 2. The summed E-state index contributed by atoms with van der Waals surface area (Å²) in [6.07, 6.45) is 3.16. The number of rotatable bonds is 7. The van der Waals surface area contributed by atoms with Crippen LogP contribution in [-0.2, 0) is 4.79 Å². The van der Waals surface area contributed by atoms with E-state index in [2.05, 4.69) is 12.2 Å². The van der Waals surface area contributed by atoms with Gasteiger partial charge in [0.15, 0.2) is 0 Å². The lowest BCUT2D eigenvalue weighted by molar-refractivity contribution is -0.137. The van der Waals surface area contributed by atoms with E-state index in [1.54, 1.807) is 7.05 Å². The molecule has 5 nitrogen and oxygen atoms in total. The molecule has 0 spiro atoms. The standard InChI is InChI=1S/C10H20N2O3/c1-3-4-5-7-11-10(15)12(2)8-6-9(13)14/h3-8H2,1-2H3,(H,11,15)(H,13,14). The second kappa shape index (κ2) is 8.08. The molecule has 0 saturated heterocycles. The van der Waals surface area contributed by atoms with Crippen molar-refractivity contribution in [3.05, 3.63) is 0 Å². The maximum atomic E-state index is 11.3. The average molecular weight is 216 g/mol. The zero-order chi connectivity index (χ0) is 11.7. The smallest absolute Gasteiger partial charge is 0.317 e. The highest BCUT2D eigenvalue weighted by atomic mass is 16.4. The number of carboxylic acids is 1. The number of carboxylic acid groups (broad SMARTS) is 1. The monoisotopic (exact) mass is 216 g/mol. The highest BCUT2D eigenvalue weighted by molar-refractivity contribution is 5.74. The molecule has 0 rings (SSSR count). The molecular weight excluding hydrogens is 196 g/mol. The van der Waals surface area contributed by atoms with Crippen LogP contribution in [0.25, 0.3) is 0 Å². The summed E-state index contributed by atoms with van der Waals surface area (Å²) in [5, 5.41) is 11.2. The topological polar surface area (TPSA) is 69.6 Å². The van der Waals surface area contributed by atoms with Gasteiger partial charge in [-0.3, -0.25) is 4.79 Å². The Hall–Kier alpha value is -1.26. The Labute approximate surface area is 90.5 Å². The molecule has 0 aliphatic carbocycles. The van der Waals surface area contributed by atoms with Crippen molar-refractivity contribution in [1.29, 1.82) is 0 Å². The highest BCUT2D eigenvalue weighted by Crippen LogP contribution is 1.93. The number of unbranched alkanes of at least 4 members (excludes halogenated alkanes) is 2. The van der Waals surface area contributed by atoms with Crippen molar-refractivity contribution in [3.63, 3.8) is 0 Å². The van der Waals surface area contributed by atoms with Gasteiger partial charge in [-0.2, -0.15) is 0 Å². The van der Waals surface area contributed by atoms with Crippen molar-refractivity contribution in [2.24, 2.45) is 0 Å². The van der Waals surface area contributed by atoms with Crippen molar-refractivity contribution in [1.82, 2.24) is 10.2 Å². The predicted molar refractivity (Wildman–Crippen MR) is 57.8 cm³/mol. The molecule has 0 aromatic carbocycles. The van der Waals surface area contributed by atoms with Crippen LogP contribution in [0.5, 0.6) is 0 Å². The Morgan fingerprint density at radius 1 is 1.33 bits per heavy atom. The molecule has 2 N–H and O–H groups in total. The van der Waals surface area contributed by atoms with Crippen LogP contribution in [0.3, 0.4) is 0 Å². The van der Waals surface area contributed by atoms with E-state index < -0.39 is 5.97 Å². The molecule has 15 heavy (non-hydrogen) atoms. The molecule has 0 radical (unpaired) electrons. The minimum Gasteiger partial charge on any atom is -0.481 e. The summed E-state index contributed by atoms with van der Waals surface area (Å²) in [7, 11) is 1.60. The number of hydrogen-bond donors (Lipinski definition) is 2. The van der Waals surface area contributed by atoms with Crippen LogP contribution in [0.1, 0.15) is 32.6 Å². The third kappa shape index (κ3) is 7.78. The predicted octanol–water partition coefficient (Wildman–Crippen LogP) is 1.29. The van der Waals surface area contributed by atoms with Gasteiger partial charge in [0.25, 0.3) is 0 Å². The highest BCUT2D eigenvalue weighted by Gasteiger charge is 2.08. The zero-order valence-corrected chi connectivity index (χ0v) is 9.45. The summed E-state index contributed by atoms with van der Waals surface area (Å²) in [6.45, 7) is 3.00. The van der Waals surface area contributed by atoms with Gasteiger partial charge in [-0.05, 0) is 6.42 Å². The number of amides is 2. The van der Waals surface area contributed by atoms with Gasteiger partial charge in [0.2, 0.25) is 0 Å². The molecule has 2 amide bonds. The van der Waals surface area contributed by atoms with E-state index in [9.17, 15) is 9.59 Å². The molecule has 88 valence electrons. The fourth-order valence-corrected chi connectivity index (χ4v) is 1.07. The van der Waals surface area contributed by atoms with Crippen LogP contribution in [0.2, 0.25) is 0 Å². The van der Waals surface area contributed by atoms with Crippen molar-refractivity contribution in [3.8, 4) is 0 Å². The number of carbonyl (C=O) groups excluding carboxylic acids is 1. The zero-order valence-electron chi connectivity index (χ0n) is 9.45. The third-order valence-corrected chi connectivity index (χ3v) is 2.06. The SMILES string of the molecule is CCCCCNC(=O)N(C)CCC(=O)O. The fraction of sp³-hybridized carbons (Fsp3) is 0.800. The second-order valence-electron chi connectivity index (χ2n) is 3.50. The van der Waals surface area contributed by atoms with E-state index in [4.69, 9.17) is 5.11 Å². The first-order valence-corrected chi connectivity index (χ1v) is 5.28. The Kier molecular flexibility index (Phi) is 7.40. The summed E-state index contributed by atoms with van der Waals surface area (Å²) in [6, 6.07) is -0.202. The van der Waals surface area contributed by atoms with Crippen LogP contribution in [0, 0.1) is 0 Å². The third-order valence-electron chi connectivity index (χ3n) is 2.06. The van der Waals surface area contributed by atoms with Gasteiger partial charge < -0.3 is 15.3 Å². The number of urea groups is 1. The minimum atomic E-state index is -0.888. The largest absolute Gasteiger partial charge is 0.481 e. The van der Waals surface area contributed by atoms with Gasteiger partial charge in [-0.1, -0.05) is 19.8 Å². The van der Waals surface area contributed by atoms with E-state index in [1.165, 1.54) is 4.90 Å². The Morgan fingerprint density at radius 3 is 2.53 bits per heavy atom. The van der Waals surface area contributed by atoms with Crippen LogP contribution in [0.4, 0.5) is 4.79 Å². The number of nitrogens with zero attached hydrogens (tertiary/aromatic N) is 1. The molecule has 0 fully saturated rings. The quantitative estimate of drug-likeness (QED) is 0.630. The maximum absolute atomic E-state index is 11.3. The van der Waals surface area contributed by atoms with Gasteiger partial charge in [-0.15, -0.1) is 0 Å². The molecule has 0 aromatic heterocycles.